The molecule has 168 valence electrons. The summed E-state index contributed by atoms with van der Waals surface area (Å²) in [7, 11) is 0. The second-order valence-corrected chi connectivity index (χ2v) is 7.92. The number of thioether (sulfide) groups is 1. The Balaban J connectivity index is 1.33. The van der Waals surface area contributed by atoms with Crippen LogP contribution in [0.3, 0.4) is 0 Å². The van der Waals surface area contributed by atoms with Crippen LogP contribution < -0.4 is 14.8 Å². The van der Waals surface area contributed by atoms with E-state index in [4.69, 9.17) is 14.2 Å². The van der Waals surface area contributed by atoms with Gasteiger partial charge in [-0.1, -0.05) is 12.1 Å². The van der Waals surface area contributed by atoms with Gasteiger partial charge in [0, 0.05) is 28.8 Å². The first-order valence-electron chi connectivity index (χ1n) is 9.81. The molecule has 3 aromatic rings. The van der Waals surface area contributed by atoms with E-state index in [1.165, 1.54) is 36.0 Å². The van der Waals surface area contributed by atoms with Gasteiger partial charge in [0.2, 0.25) is 12.7 Å². The molecule has 0 spiro atoms. The van der Waals surface area contributed by atoms with Crippen LogP contribution in [-0.4, -0.2) is 29.3 Å². The molecule has 3 aromatic carbocycles. The summed E-state index contributed by atoms with van der Waals surface area (Å²) < 4.78 is 15.9. The van der Waals surface area contributed by atoms with Crippen LogP contribution in [0.15, 0.2) is 71.6 Å². The molecular weight excluding hydrogens is 448 g/mol. The van der Waals surface area contributed by atoms with E-state index in [0.717, 1.165) is 0 Å². The minimum absolute atomic E-state index is 0.0274. The highest BCUT2D eigenvalue weighted by atomic mass is 32.2. The Morgan fingerprint density at radius 2 is 1.79 bits per heavy atom. The van der Waals surface area contributed by atoms with Gasteiger partial charge in [0.15, 0.2) is 11.5 Å². The molecule has 0 unspecified atom stereocenters. The molecule has 4 rings (SSSR count). The van der Waals surface area contributed by atoms with Gasteiger partial charge >= 0.3 is 5.97 Å². The van der Waals surface area contributed by atoms with Gasteiger partial charge in [0.25, 0.3) is 5.69 Å². The van der Waals surface area contributed by atoms with E-state index in [1.54, 1.807) is 42.5 Å². The van der Waals surface area contributed by atoms with Gasteiger partial charge in [-0.2, -0.15) is 0 Å². The van der Waals surface area contributed by atoms with E-state index in [-0.39, 0.29) is 30.7 Å². The first kappa shape index (κ1) is 22.2. The Hall–Kier alpha value is -4.05. The molecule has 0 fully saturated rings. The summed E-state index contributed by atoms with van der Waals surface area (Å²) in [6.07, 6.45) is 0. The summed E-state index contributed by atoms with van der Waals surface area (Å²) in [6.45, 7) is 0.125. The lowest BCUT2D eigenvalue weighted by Gasteiger charge is -2.10. The molecule has 1 aliphatic rings. The molecule has 0 atom stereocenters. The Labute approximate surface area is 192 Å². The third-order valence-corrected chi connectivity index (χ3v) is 5.71. The van der Waals surface area contributed by atoms with Crippen molar-refractivity contribution in [3.8, 4) is 11.5 Å². The van der Waals surface area contributed by atoms with Crippen LogP contribution in [0, 0.1) is 10.1 Å². The zero-order chi connectivity index (χ0) is 23.2. The van der Waals surface area contributed by atoms with Crippen LogP contribution in [0.5, 0.6) is 11.5 Å². The second kappa shape index (κ2) is 10.0. The van der Waals surface area contributed by atoms with Crippen LogP contribution in [0.4, 0.5) is 11.4 Å². The van der Waals surface area contributed by atoms with Crippen molar-refractivity contribution in [2.24, 2.45) is 0 Å². The monoisotopic (exact) mass is 466 g/mol. The third kappa shape index (κ3) is 5.60. The normalized spacial score (nSPS) is 11.6. The van der Waals surface area contributed by atoms with Crippen LogP contribution >= 0.6 is 11.8 Å². The Morgan fingerprint density at radius 1 is 1.03 bits per heavy atom. The molecular formula is C23H18N2O7S. The molecule has 0 bridgehead atoms. The summed E-state index contributed by atoms with van der Waals surface area (Å²) in [5.41, 5.74) is 1.51. The molecule has 0 radical (unpaired) electrons. The number of hydrogen-bond donors (Lipinski definition) is 1. The van der Waals surface area contributed by atoms with Gasteiger partial charge in [-0.05, 0) is 42.0 Å². The summed E-state index contributed by atoms with van der Waals surface area (Å²) in [4.78, 5) is 35.8. The quantitative estimate of drug-likeness (QED) is 0.225. The molecule has 33 heavy (non-hydrogen) atoms. The Kier molecular flexibility index (Phi) is 6.75. The van der Waals surface area contributed by atoms with E-state index in [0.29, 0.717) is 33.2 Å². The third-order valence-electron chi connectivity index (χ3n) is 4.64. The number of anilines is 1. The van der Waals surface area contributed by atoms with E-state index in [9.17, 15) is 19.7 Å². The number of nitro benzene ring substituents is 1. The summed E-state index contributed by atoms with van der Waals surface area (Å²) in [5.74, 6) is 0.492. The van der Waals surface area contributed by atoms with E-state index in [1.807, 2.05) is 0 Å². The summed E-state index contributed by atoms with van der Waals surface area (Å²) in [5, 5.41) is 13.5. The topological polar surface area (TPSA) is 117 Å². The van der Waals surface area contributed by atoms with Crippen molar-refractivity contribution >= 4 is 35.0 Å². The number of nitrogens with one attached hydrogen (secondary N) is 1. The number of nitrogens with zero attached hydrogens (tertiary/aromatic N) is 1. The van der Waals surface area contributed by atoms with Gasteiger partial charge in [-0.3, -0.25) is 14.9 Å². The zero-order valence-electron chi connectivity index (χ0n) is 17.2. The maximum atomic E-state index is 12.6. The number of benzene rings is 3. The number of carbonyl (C=O) groups excluding carboxylic acids is 2. The van der Waals surface area contributed by atoms with Crippen LogP contribution in [0.25, 0.3) is 0 Å². The second-order valence-electron chi connectivity index (χ2n) is 6.90. The van der Waals surface area contributed by atoms with Crippen LogP contribution in [-0.2, 0) is 16.1 Å². The van der Waals surface area contributed by atoms with Crippen molar-refractivity contribution in [1.29, 1.82) is 0 Å². The van der Waals surface area contributed by atoms with Crippen molar-refractivity contribution in [2.45, 2.75) is 11.5 Å². The number of hydrogen-bond acceptors (Lipinski definition) is 8. The molecule has 0 aromatic heterocycles. The number of non-ortho nitro benzene ring substituents is 1. The molecule has 9 nitrogen and oxygen atoms in total. The first-order valence-corrected chi connectivity index (χ1v) is 10.8. The first-order chi connectivity index (χ1) is 16.0. The van der Waals surface area contributed by atoms with Gasteiger partial charge in [0.05, 0.1) is 16.2 Å². The van der Waals surface area contributed by atoms with Crippen molar-refractivity contribution in [3.05, 3.63) is 88.0 Å². The van der Waals surface area contributed by atoms with Crippen LogP contribution in [0.1, 0.15) is 15.9 Å². The molecule has 0 saturated carbocycles. The Morgan fingerprint density at radius 3 is 2.58 bits per heavy atom. The minimum Gasteiger partial charge on any atom is -0.457 e. The maximum Gasteiger partial charge on any atom is 0.339 e. The fourth-order valence-corrected chi connectivity index (χ4v) is 3.86. The standard InChI is InChI=1S/C23H18N2O7S/c26-22(24-16-7-10-19-20(11-16)32-14-31-19)13-33-21-4-2-1-3-18(21)23(27)30-12-15-5-8-17(9-6-15)25(28)29/h1-11H,12-14H2,(H,24,26). The van der Waals surface area contributed by atoms with Gasteiger partial charge in [0.1, 0.15) is 6.61 Å². The maximum absolute atomic E-state index is 12.6. The number of ether oxygens (including phenoxy) is 3. The molecule has 0 aliphatic carbocycles. The largest absolute Gasteiger partial charge is 0.457 e. The van der Waals surface area contributed by atoms with Crippen molar-refractivity contribution in [2.75, 3.05) is 17.9 Å². The van der Waals surface area contributed by atoms with E-state index >= 15 is 0 Å². The number of esters is 1. The summed E-state index contributed by atoms with van der Waals surface area (Å²) in [6, 6.07) is 17.7. The summed E-state index contributed by atoms with van der Waals surface area (Å²) >= 11 is 1.21. The zero-order valence-corrected chi connectivity index (χ0v) is 18.0. The molecule has 0 saturated heterocycles. The average Bonchev–Trinajstić information content (AvgIpc) is 3.29. The predicted molar refractivity (Wildman–Crippen MR) is 121 cm³/mol. The van der Waals surface area contributed by atoms with E-state index in [2.05, 4.69) is 5.32 Å². The Bertz CT molecular complexity index is 1200. The van der Waals surface area contributed by atoms with Crippen molar-refractivity contribution < 1.29 is 28.7 Å². The number of fused-ring (bicyclic) bond motifs is 1. The lowest BCUT2D eigenvalue weighted by molar-refractivity contribution is -0.384. The van der Waals surface area contributed by atoms with Gasteiger partial charge < -0.3 is 19.5 Å². The fourth-order valence-electron chi connectivity index (χ4n) is 3.02. The van der Waals surface area contributed by atoms with Crippen molar-refractivity contribution in [1.82, 2.24) is 0 Å². The molecule has 1 aliphatic heterocycles. The molecule has 1 amide bonds. The van der Waals surface area contributed by atoms with Gasteiger partial charge in [-0.25, -0.2) is 4.79 Å². The fraction of sp³-hybridized carbons (Fsp3) is 0.130. The SMILES string of the molecule is O=C(CSc1ccccc1C(=O)OCc1ccc([N+](=O)[O-])cc1)Nc1ccc2c(c1)OCO2. The van der Waals surface area contributed by atoms with Crippen LogP contribution in [0.2, 0.25) is 0 Å². The number of amides is 1. The number of carbonyl (C=O) groups is 2. The minimum atomic E-state index is -0.548. The number of nitro groups is 1. The lowest BCUT2D eigenvalue weighted by Crippen LogP contribution is -2.14. The highest BCUT2D eigenvalue weighted by Crippen LogP contribution is 2.34. The molecule has 10 heteroatoms. The van der Waals surface area contributed by atoms with Crippen molar-refractivity contribution in [3.63, 3.8) is 0 Å². The lowest BCUT2D eigenvalue weighted by atomic mass is 10.2. The average molecular weight is 466 g/mol. The van der Waals surface area contributed by atoms with E-state index < -0.39 is 10.9 Å². The number of rotatable bonds is 8. The highest BCUT2D eigenvalue weighted by molar-refractivity contribution is 8.00. The predicted octanol–water partition coefficient (Wildman–Crippen LogP) is 4.41. The molecule has 1 N–H and O–H groups in total. The highest BCUT2D eigenvalue weighted by Gasteiger charge is 2.16. The van der Waals surface area contributed by atoms with Gasteiger partial charge in [-0.15, -0.1) is 11.8 Å². The molecule has 1 heterocycles. The smallest absolute Gasteiger partial charge is 0.339 e.